The summed E-state index contributed by atoms with van der Waals surface area (Å²) in [4.78, 5) is 0. The fourth-order valence-corrected chi connectivity index (χ4v) is 1.79. The second kappa shape index (κ2) is 3.45. The molecule has 0 saturated carbocycles. The minimum absolute atomic E-state index is 0.0823. The SMILES string of the molecule is CC1OC(c2cc3c(O)c(C#N)cnn3c2)O1. The molecule has 0 aliphatic carbocycles. The molecule has 0 aromatic carbocycles. The fraction of sp³-hybridized carbons (Fsp3) is 0.273. The molecule has 0 spiro atoms. The molecule has 1 fully saturated rings. The third-order valence-corrected chi connectivity index (χ3v) is 2.65. The zero-order valence-electron chi connectivity index (χ0n) is 8.99. The van der Waals surface area contributed by atoms with Gasteiger partial charge in [-0.2, -0.15) is 10.4 Å². The van der Waals surface area contributed by atoms with E-state index in [0.29, 0.717) is 5.52 Å². The number of rotatable bonds is 1. The smallest absolute Gasteiger partial charge is 0.191 e. The molecular formula is C11H9N3O3. The molecule has 1 saturated heterocycles. The first kappa shape index (κ1) is 10.1. The summed E-state index contributed by atoms with van der Waals surface area (Å²) in [5.74, 6) is -0.0823. The summed E-state index contributed by atoms with van der Waals surface area (Å²) in [5.41, 5.74) is 1.37. The van der Waals surface area contributed by atoms with Crippen LogP contribution in [-0.4, -0.2) is 21.0 Å². The van der Waals surface area contributed by atoms with Crippen LogP contribution in [0.1, 0.15) is 24.3 Å². The first-order valence-electron chi connectivity index (χ1n) is 5.10. The van der Waals surface area contributed by atoms with Crippen molar-refractivity contribution in [3.8, 4) is 11.8 Å². The Morgan fingerprint density at radius 2 is 2.29 bits per heavy atom. The zero-order valence-corrected chi connectivity index (χ0v) is 8.99. The third-order valence-electron chi connectivity index (χ3n) is 2.65. The molecule has 1 N–H and O–H groups in total. The van der Waals surface area contributed by atoms with Gasteiger partial charge in [0.1, 0.15) is 17.1 Å². The number of nitrogens with zero attached hydrogens (tertiary/aromatic N) is 3. The molecule has 0 amide bonds. The Balaban J connectivity index is 2.07. The zero-order chi connectivity index (χ0) is 12.0. The van der Waals surface area contributed by atoms with Crippen molar-refractivity contribution in [3.05, 3.63) is 29.6 Å². The van der Waals surface area contributed by atoms with Crippen LogP contribution in [0.2, 0.25) is 0 Å². The van der Waals surface area contributed by atoms with E-state index in [1.54, 1.807) is 19.2 Å². The number of hydrogen-bond donors (Lipinski definition) is 1. The molecule has 3 heterocycles. The Morgan fingerprint density at radius 1 is 1.53 bits per heavy atom. The van der Waals surface area contributed by atoms with E-state index in [4.69, 9.17) is 14.7 Å². The van der Waals surface area contributed by atoms with Gasteiger partial charge in [0.05, 0.1) is 6.20 Å². The molecule has 0 unspecified atom stereocenters. The van der Waals surface area contributed by atoms with E-state index >= 15 is 0 Å². The first-order valence-corrected chi connectivity index (χ1v) is 5.10. The molecular weight excluding hydrogens is 222 g/mol. The molecule has 2 aromatic rings. The average molecular weight is 231 g/mol. The molecule has 17 heavy (non-hydrogen) atoms. The highest BCUT2D eigenvalue weighted by Gasteiger charge is 2.29. The van der Waals surface area contributed by atoms with Crippen LogP contribution in [0.4, 0.5) is 0 Å². The summed E-state index contributed by atoms with van der Waals surface area (Å²) in [5, 5.41) is 22.6. The largest absolute Gasteiger partial charge is 0.504 e. The predicted molar refractivity (Wildman–Crippen MR) is 55.9 cm³/mol. The van der Waals surface area contributed by atoms with Crippen LogP contribution in [0.3, 0.4) is 0 Å². The molecule has 86 valence electrons. The maximum absolute atomic E-state index is 9.82. The van der Waals surface area contributed by atoms with E-state index in [9.17, 15) is 5.11 Å². The molecule has 3 rings (SSSR count). The summed E-state index contributed by atoms with van der Waals surface area (Å²) in [6.07, 6.45) is 2.39. The highest BCUT2D eigenvalue weighted by Crippen LogP contribution is 2.34. The number of aromatic hydroxyl groups is 1. The molecule has 0 radical (unpaired) electrons. The highest BCUT2D eigenvalue weighted by atomic mass is 16.9. The third kappa shape index (κ3) is 1.45. The number of aromatic nitrogens is 2. The summed E-state index contributed by atoms with van der Waals surface area (Å²) in [6, 6.07) is 3.57. The van der Waals surface area contributed by atoms with Gasteiger partial charge in [0.25, 0.3) is 0 Å². The Bertz CT molecular complexity index is 623. The Hall–Kier alpha value is -2.10. The molecule has 1 aliphatic heterocycles. The fourth-order valence-electron chi connectivity index (χ4n) is 1.79. The van der Waals surface area contributed by atoms with Gasteiger partial charge in [-0.25, -0.2) is 4.52 Å². The van der Waals surface area contributed by atoms with Gasteiger partial charge in [-0.15, -0.1) is 0 Å². The quantitative estimate of drug-likeness (QED) is 0.800. The van der Waals surface area contributed by atoms with Crippen molar-refractivity contribution in [1.82, 2.24) is 9.61 Å². The lowest BCUT2D eigenvalue weighted by Gasteiger charge is -2.32. The predicted octanol–water partition coefficient (Wildman–Crippen LogP) is 1.30. The standard InChI is InChI=1S/C11H9N3O3/c1-6-16-11(17-6)7-2-9-10(15)8(3-12)4-13-14(9)5-7/h2,4-6,11,15H,1H3. The van der Waals surface area contributed by atoms with E-state index in [1.807, 2.05) is 6.07 Å². The van der Waals surface area contributed by atoms with Gasteiger partial charge >= 0.3 is 0 Å². The van der Waals surface area contributed by atoms with E-state index in [-0.39, 0.29) is 17.6 Å². The van der Waals surface area contributed by atoms with Crippen LogP contribution >= 0.6 is 0 Å². The van der Waals surface area contributed by atoms with Crippen LogP contribution in [-0.2, 0) is 9.47 Å². The van der Waals surface area contributed by atoms with Gasteiger partial charge in [0, 0.05) is 11.8 Å². The van der Waals surface area contributed by atoms with Gasteiger partial charge in [0.2, 0.25) is 0 Å². The topological polar surface area (TPSA) is 79.8 Å². The lowest BCUT2D eigenvalue weighted by Crippen LogP contribution is -2.31. The van der Waals surface area contributed by atoms with E-state index in [0.717, 1.165) is 5.56 Å². The Kier molecular flexibility index (Phi) is 2.04. The molecule has 0 bridgehead atoms. The van der Waals surface area contributed by atoms with Crippen molar-refractivity contribution in [2.45, 2.75) is 19.5 Å². The van der Waals surface area contributed by atoms with Crippen molar-refractivity contribution < 1.29 is 14.6 Å². The molecule has 2 aromatic heterocycles. The first-order chi connectivity index (χ1) is 8.19. The van der Waals surface area contributed by atoms with Gasteiger partial charge < -0.3 is 14.6 Å². The monoisotopic (exact) mass is 231 g/mol. The van der Waals surface area contributed by atoms with Crippen LogP contribution in [0.15, 0.2) is 18.5 Å². The second-order valence-electron chi connectivity index (χ2n) is 3.79. The summed E-state index contributed by atoms with van der Waals surface area (Å²) >= 11 is 0. The van der Waals surface area contributed by atoms with Crippen LogP contribution in [0, 0.1) is 11.3 Å². The van der Waals surface area contributed by atoms with E-state index in [2.05, 4.69) is 5.10 Å². The molecule has 6 nitrogen and oxygen atoms in total. The molecule has 6 heteroatoms. The van der Waals surface area contributed by atoms with Crippen LogP contribution < -0.4 is 0 Å². The van der Waals surface area contributed by atoms with Gasteiger partial charge in [-0.3, -0.25) is 0 Å². The van der Waals surface area contributed by atoms with Gasteiger partial charge in [-0.1, -0.05) is 0 Å². The number of nitriles is 1. The van der Waals surface area contributed by atoms with Crippen molar-refractivity contribution in [2.75, 3.05) is 0 Å². The van der Waals surface area contributed by atoms with E-state index < -0.39 is 6.29 Å². The Morgan fingerprint density at radius 3 is 2.94 bits per heavy atom. The van der Waals surface area contributed by atoms with Crippen molar-refractivity contribution in [3.63, 3.8) is 0 Å². The van der Waals surface area contributed by atoms with Crippen LogP contribution in [0.5, 0.6) is 5.75 Å². The normalized spacial score (nSPS) is 23.3. The Labute approximate surface area is 96.6 Å². The van der Waals surface area contributed by atoms with Crippen molar-refractivity contribution in [2.24, 2.45) is 0 Å². The maximum Gasteiger partial charge on any atom is 0.191 e. The van der Waals surface area contributed by atoms with Crippen LogP contribution in [0.25, 0.3) is 5.52 Å². The average Bonchev–Trinajstić information content (AvgIpc) is 2.70. The van der Waals surface area contributed by atoms with Crippen molar-refractivity contribution >= 4 is 5.52 Å². The van der Waals surface area contributed by atoms with Gasteiger partial charge in [0.15, 0.2) is 18.3 Å². The van der Waals surface area contributed by atoms with E-state index in [1.165, 1.54) is 10.7 Å². The van der Waals surface area contributed by atoms with Crippen molar-refractivity contribution in [1.29, 1.82) is 5.26 Å². The minimum Gasteiger partial charge on any atom is -0.504 e. The number of ether oxygens (including phenoxy) is 2. The number of hydrogen-bond acceptors (Lipinski definition) is 5. The lowest BCUT2D eigenvalue weighted by molar-refractivity contribution is -0.382. The summed E-state index contributed by atoms with van der Waals surface area (Å²) in [6.45, 7) is 1.80. The minimum atomic E-state index is -0.420. The summed E-state index contributed by atoms with van der Waals surface area (Å²) in [7, 11) is 0. The second-order valence-corrected chi connectivity index (χ2v) is 3.79. The molecule has 0 atom stereocenters. The van der Waals surface area contributed by atoms with Gasteiger partial charge in [-0.05, 0) is 13.0 Å². The summed E-state index contributed by atoms with van der Waals surface area (Å²) < 4.78 is 12.2. The number of fused-ring (bicyclic) bond motifs is 1. The molecule has 1 aliphatic rings. The lowest BCUT2D eigenvalue weighted by atomic mass is 10.2. The highest BCUT2D eigenvalue weighted by molar-refractivity contribution is 5.65. The maximum atomic E-state index is 9.82.